The van der Waals surface area contributed by atoms with Crippen molar-refractivity contribution in [2.45, 2.75) is 32.1 Å². The molecule has 5 heteroatoms. The highest BCUT2D eigenvalue weighted by Crippen LogP contribution is 2.40. The van der Waals surface area contributed by atoms with Crippen LogP contribution in [-0.4, -0.2) is 29.1 Å². The number of hydrogen-bond acceptors (Lipinski definition) is 3. The normalized spacial score (nSPS) is 13.8. The number of carboxylic acids is 1. The lowest BCUT2D eigenvalue weighted by Gasteiger charge is -2.09. The minimum atomic E-state index is -0.954. The molecule has 1 aliphatic carbocycles. The van der Waals surface area contributed by atoms with Gasteiger partial charge in [-0.15, -0.1) is 0 Å². The van der Waals surface area contributed by atoms with Gasteiger partial charge in [-0.2, -0.15) is 0 Å². The molecule has 148 valence electrons. The highest BCUT2D eigenvalue weighted by atomic mass is 16.5. The van der Waals surface area contributed by atoms with Gasteiger partial charge in [-0.3, -0.25) is 0 Å². The van der Waals surface area contributed by atoms with E-state index in [1.165, 1.54) is 12.7 Å². The van der Waals surface area contributed by atoms with Crippen LogP contribution in [0, 0.1) is 0 Å². The first-order valence-electron chi connectivity index (χ1n) is 9.81. The number of carboxylic acid groups (broad SMARTS) is 1. The number of aromatic carboxylic acids is 1. The van der Waals surface area contributed by atoms with Gasteiger partial charge in [0.2, 0.25) is 0 Å². The number of aryl methyl sites for hydroxylation is 2. The van der Waals surface area contributed by atoms with Gasteiger partial charge in [0, 0.05) is 27.7 Å². The fraction of sp³-hybridized carbons (Fsp3) is 0.250. The van der Waals surface area contributed by atoms with E-state index in [9.17, 15) is 14.7 Å². The Kier molecular flexibility index (Phi) is 5.21. The highest BCUT2D eigenvalue weighted by Gasteiger charge is 2.26. The number of rotatable bonds is 6. The fourth-order valence-electron chi connectivity index (χ4n) is 4.20. The Balaban J connectivity index is 1.83. The number of aromatic amines is 1. The molecule has 29 heavy (non-hydrogen) atoms. The third-order valence-electron chi connectivity index (χ3n) is 5.58. The number of ether oxygens (including phenoxy) is 1. The van der Waals surface area contributed by atoms with E-state index in [1.807, 2.05) is 24.3 Å². The van der Waals surface area contributed by atoms with E-state index in [0.29, 0.717) is 6.42 Å². The van der Waals surface area contributed by atoms with Gasteiger partial charge in [0.25, 0.3) is 0 Å². The first-order valence-corrected chi connectivity index (χ1v) is 9.81. The van der Waals surface area contributed by atoms with E-state index in [0.717, 1.165) is 59.0 Å². The molecular weight excluding hydrogens is 366 g/mol. The van der Waals surface area contributed by atoms with E-state index in [2.05, 4.69) is 17.1 Å². The maximum absolute atomic E-state index is 12.3. The number of H-pyrrole nitrogens is 1. The zero-order valence-electron chi connectivity index (χ0n) is 16.3. The molecule has 1 aliphatic rings. The Morgan fingerprint density at radius 3 is 2.59 bits per heavy atom. The fourth-order valence-corrected chi connectivity index (χ4v) is 4.20. The summed E-state index contributed by atoms with van der Waals surface area (Å²) in [5, 5.41) is 10.3. The second-order valence-electron chi connectivity index (χ2n) is 7.33. The van der Waals surface area contributed by atoms with E-state index in [-0.39, 0.29) is 11.5 Å². The first kappa shape index (κ1) is 19.0. The molecule has 5 nitrogen and oxygen atoms in total. The standard InChI is InChI=1S/C24H23NO4/c1-29-24(28)18-9-5-8-17(18)22-19-12-11-16(23(26)27)14-21(19)25-20(22)13-10-15-6-3-2-4-7-15/h2-4,6-7,11-12,14,25H,5,8-10,13H2,1H3,(H,26,27). The molecule has 0 saturated heterocycles. The molecule has 0 radical (unpaired) electrons. The van der Waals surface area contributed by atoms with Crippen molar-refractivity contribution in [1.82, 2.24) is 4.98 Å². The molecule has 0 bridgehead atoms. The summed E-state index contributed by atoms with van der Waals surface area (Å²) in [5.74, 6) is -1.23. The minimum Gasteiger partial charge on any atom is -0.478 e. The molecule has 0 fully saturated rings. The molecule has 4 rings (SSSR count). The van der Waals surface area contributed by atoms with Gasteiger partial charge in [0.15, 0.2) is 0 Å². The lowest BCUT2D eigenvalue weighted by molar-refractivity contribution is -0.136. The topological polar surface area (TPSA) is 79.4 Å². The largest absolute Gasteiger partial charge is 0.478 e. The predicted molar refractivity (Wildman–Crippen MR) is 112 cm³/mol. The van der Waals surface area contributed by atoms with E-state index >= 15 is 0 Å². The number of carbonyl (C=O) groups is 2. The van der Waals surface area contributed by atoms with Crippen molar-refractivity contribution < 1.29 is 19.4 Å². The van der Waals surface area contributed by atoms with Gasteiger partial charge in [-0.1, -0.05) is 36.4 Å². The number of carbonyl (C=O) groups excluding carboxylic acids is 1. The van der Waals surface area contributed by atoms with Crippen LogP contribution >= 0.6 is 0 Å². The number of aromatic nitrogens is 1. The van der Waals surface area contributed by atoms with E-state index in [4.69, 9.17) is 4.74 Å². The molecular formula is C24H23NO4. The number of nitrogens with one attached hydrogen (secondary N) is 1. The summed E-state index contributed by atoms with van der Waals surface area (Å²) < 4.78 is 5.01. The predicted octanol–water partition coefficient (Wildman–Crippen LogP) is 4.76. The van der Waals surface area contributed by atoms with Crippen molar-refractivity contribution in [3.8, 4) is 0 Å². The van der Waals surface area contributed by atoms with Crippen molar-refractivity contribution in [1.29, 1.82) is 0 Å². The van der Waals surface area contributed by atoms with Crippen LogP contribution in [0.1, 0.15) is 46.4 Å². The van der Waals surface area contributed by atoms with Gasteiger partial charge in [0.1, 0.15) is 0 Å². The molecule has 2 N–H and O–H groups in total. The smallest absolute Gasteiger partial charge is 0.335 e. The third kappa shape index (κ3) is 3.68. The number of methoxy groups -OCH3 is 1. The minimum absolute atomic E-state index is 0.244. The monoisotopic (exact) mass is 389 g/mol. The number of fused-ring (bicyclic) bond motifs is 1. The molecule has 1 heterocycles. The number of esters is 1. The Labute approximate surface area is 169 Å². The molecule has 1 aromatic heterocycles. The quantitative estimate of drug-likeness (QED) is 0.596. The van der Waals surface area contributed by atoms with Gasteiger partial charge in [-0.25, -0.2) is 9.59 Å². The molecule has 2 aromatic carbocycles. The van der Waals surface area contributed by atoms with Gasteiger partial charge >= 0.3 is 11.9 Å². The number of allylic oxidation sites excluding steroid dienone is 1. The summed E-state index contributed by atoms with van der Waals surface area (Å²) in [6.07, 6.45) is 4.07. The molecule has 0 spiro atoms. The van der Waals surface area contributed by atoms with Crippen molar-refractivity contribution in [3.63, 3.8) is 0 Å². The van der Waals surface area contributed by atoms with Crippen molar-refractivity contribution in [3.05, 3.63) is 76.5 Å². The maximum atomic E-state index is 12.3. The number of hydrogen-bond donors (Lipinski definition) is 2. The number of benzene rings is 2. The van der Waals surface area contributed by atoms with Crippen molar-refractivity contribution >= 4 is 28.4 Å². The lowest BCUT2D eigenvalue weighted by atomic mass is 9.95. The molecule has 0 aliphatic heterocycles. The van der Waals surface area contributed by atoms with Crippen LogP contribution in [0.3, 0.4) is 0 Å². The summed E-state index contributed by atoms with van der Waals surface area (Å²) >= 11 is 0. The average molecular weight is 389 g/mol. The van der Waals surface area contributed by atoms with Gasteiger partial charge < -0.3 is 14.8 Å². The third-order valence-corrected chi connectivity index (χ3v) is 5.58. The summed E-state index contributed by atoms with van der Waals surface area (Å²) in [4.78, 5) is 27.2. The second kappa shape index (κ2) is 7.95. The van der Waals surface area contributed by atoms with Crippen LogP contribution < -0.4 is 0 Å². The van der Waals surface area contributed by atoms with Crippen molar-refractivity contribution in [2.75, 3.05) is 7.11 Å². The van der Waals surface area contributed by atoms with E-state index < -0.39 is 5.97 Å². The second-order valence-corrected chi connectivity index (χ2v) is 7.33. The molecule has 0 saturated carbocycles. The SMILES string of the molecule is COC(=O)C1=C(c2c(CCc3ccccc3)[nH]c3cc(C(=O)O)ccc23)CCC1. The van der Waals surface area contributed by atoms with Crippen LogP contribution in [0.5, 0.6) is 0 Å². The van der Waals surface area contributed by atoms with Crippen LogP contribution in [0.25, 0.3) is 16.5 Å². The molecule has 3 aromatic rings. The van der Waals surface area contributed by atoms with Crippen molar-refractivity contribution in [2.24, 2.45) is 0 Å². The highest BCUT2D eigenvalue weighted by molar-refractivity contribution is 6.05. The average Bonchev–Trinajstić information content (AvgIpc) is 3.35. The molecule has 0 unspecified atom stereocenters. The summed E-state index contributed by atoms with van der Waals surface area (Å²) in [7, 11) is 1.41. The van der Waals surface area contributed by atoms with Crippen LogP contribution in [-0.2, 0) is 22.4 Å². The summed E-state index contributed by atoms with van der Waals surface area (Å²) in [6.45, 7) is 0. The maximum Gasteiger partial charge on any atom is 0.335 e. The summed E-state index contributed by atoms with van der Waals surface area (Å²) in [5.41, 5.74) is 6.08. The Hall–Kier alpha value is -3.34. The van der Waals surface area contributed by atoms with Crippen LogP contribution in [0.15, 0.2) is 54.1 Å². The molecule has 0 amide bonds. The van der Waals surface area contributed by atoms with Crippen LogP contribution in [0.2, 0.25) is 0 Å². The first-order chi connectivity index (χ1) is 14.1. The Morgan fingerprint density at radius 2 is 1.86 bits per heavy atom. The Morgan fingerprint density at radius 1 is 1.07 bits per heavy atom. The van der Waals surface area contributed by atoms with Gasteiger partial charge in [0.05, 0.1) is 12.7 Å². The zero-order chi connectivity index (χ0) is 20.4. The zero-order valence-corrected chi connectivity index (χ0v) is 16.3. The van der Waals surface area contributed by atoms with Crippen LogP contribution in [0.4, 0.5) is 0 Å². The summed E-state index contributed by atoms with van der Waals surface area (Å²) in [6, 6.07) is 15.4. The van der Waals surface area contributed by atoms with Gasteiger partial charge in [-0.05, 0) is 55.4 Å². The van der Waals surface area contributed by atoms with E-state index in [1.54, 1.807) is 12.1 Å². The Bertz CT molecular complexity index is 1110. The lowest BCUT2D eigenvalue weighted by Crippen LogP contribution is -2.05. The molecule has 0 atom stereocenters.